The van der Waals surface area contributed by atoms with E-state index in [1.807, 2.05) is 29.7 Å². The maximum Gasteiger partial charge on any atom is 0.324 e. The summed E-state index contributed by atoms with van der Waals surface area (Å²) >= 11 is 2.39. The fourth-order valence-corrected chi connectivity index (χ4v) is 4.28. The van der Waals surface area contributed by atoms with E-state index in [1.54, 1.807) is 6.07 Å². The van der Waals surface area contributed by atoms with Crippen molar-refractivity contribution in [1.29, 1.82) is 0 Å². The van der Waals surface area contributed by atoms with Gasteiger partial charge in [0.2, 0.25) is 0 Å². The molecule has 0 spiro atoms. The fraction of sp³-hybridized carbons (Fsp3) is 0.111. The third kappa shape index (κ3) is 3.64. The zero-order valence-corrected chi connectivity index (χ0v) is 15.3. The maximum absolute atomic E-state index is 12.2. The van der Waals surface area contributed by atoms with Gasteiger partial charge in [0.25, 0.3) is 5.91 Å². The average Bonchev–Trinajstić information content (AvgIpc) is 3.20. The van der Waals surface area contributed by atoms with Crippen LogP contribution in [-0.4, -0.2) is 15.4 Å². The molecule has 0 aliphatic rings. The average molecular weight is 383 g/mol. The molecule has 0 unspecified atom stereocenters. The number of nitrogens with zero attached hydrogens (tertiary/aromatic N) is 3. The van der Waals surface area contributed by atoms with Gasteiger partial charge in [-0.15, -0.1) is 6.42 Å². The van der Waals surface area contributed by atoms with Gasteiger partial charge in [-0.3, -0.25) is 14.9 Å². The fourth-order valence-electron chi connectivity index (χ4n) is 2.45. The number of terminal acetylenes is 1. The summed E-state index contributed by atoms with van der Waals surface area (Å²) in [5.41, 5.74) is 2.03. The van der Waals surface area contributed by atoms with Gasteiger partial charge in [0.05, 0.1) is 21.7 Å². The van der Waals surface area contributed by atoms with E-state index in [4.69, 9.17) is 6.42 Å². The third-order valence-electron chi connectivity index (χ3n) is 3.54. The van der Waals surface area contributed by atoms with E-state index in [0.717, 1.165) is 27.1 Å². The number of rotatable bonds is 4. The van der Waals surface area contributed by atoms with E-state index in [-0.39, 0.29) is 5.00 Å². The van der Waals surface area contributed by atoms with Gasteiger partial charge in [0.1, 0.15) is 0 Å². The van der Waals surface area contributed by atoms with Crippen LogP contribution in [0.25, 0.3) is 16.3 Å². The SMILES string of the molecule is C#CCn1c(=NC(=O)C=Cc2ccc([N+](=O)[O-])s2)sc2cccc(C)c21. The van der Waals surface area contributed by atoms with Crippen molar-refractivity contribution in [3.63, 3.8) is 0 Å². The van der Waals surface area contributed by atoms with Crippen molar-refractivity contribution in [1.82, 2.24) is 4.57 Å². The largest absolute Gasteiger partial charge is 0.324 e. The standard InChI is InChI=1S/C18H13N3O3S2/c1-3-11-20-17-12(2)5-4-6-14(17)26-18(20)19-15(22)9-7-13-8-10-16(25-13)21(23)24/h1,4-10H,11H2,2H3. The maximum atomic E-state index is 12.2. The first-order valence-electron chi connectivity index (χ1n) is 7.53. The van der Waals surface area contributed by atoms with Crippen LogP contribution in [-0.2, 0) is 11.3 Å². The highest BCUT2D eigenvalue weighted by molar-refractivity contribution is 7.16. The molecule has 0 saturated carbocycles. The molecule has 0 radical (unpaired) electrons. The molecule has 2 heterocycles. The number of hydrogen-bond acceptors (Lipinski definition) is 5. The number of amides is 1. The van der Waals surface area contributed by atoms with Gasteiger partial charge >= 0.3 is 5.00 Å². The number of aryl methyl sites for hydroxylation is 1. The molecule has 0 atom stereocenters. The van der Waals surface area contributed by atoms with Crippen molar-refractivity contribution in [3.05, 3.63) is 61.8 Å². The lowest BCUT2D eigenvalue weighted by Gasteiger charge is -2.02. The van der Waals surface area contributed by atoms with Crippen LogP contribution in [0.2, 0.25) is 0 Å². The molecule has 0 aliphatic heterocycles. The number of hydrogen-bond donors (Lipinski definition) is 0. The molecular formula is C18H13N3O3S2. The summed E-state index contributed by atoms with van der Waals surface area (Å²) in [6, 6.07) is 8.89. The van der Waals surface area contributed by atoms with Crippen LogP contribution in [0.3, 0.4) is 0 Å². The summed E-state index contributed by atoms with van der Waals surface area (Å²) in [6.45, 7) is 2.30. The lowest BCUT2D eigenvalue weighted by Crippen LogP contribution is -2.16. The van der Waals surface area contributed by atoms with Crippen LogP contribution in [0, 0.1) is 29.4 Å². The van der Waals surface area contributed by atoms with Gasteiger partial charge < -0.3 is 4.57 Å². The van der Waals surface area contributed by atoms with E-state index < -0.39 is 10.8 Å². The molecule has 0 N–H and O–H groups in total. The summed E-state index contributed by atoms with van der Waals surface area (Å²) in [5, 5.41) is 10.7. The van der Waals surface area contributed by atoms with E-state index in [0.29, 0.717) is 16.2 Å². The quantitative estimate of drug-likeness (QED) is 0.298. The Kier molecular flexibility index (Phi) is 5.11. The van der Waals surface area contributed by atoms with Gasteiger partial charge in [-0.1, -0.05) is 40.7 Å². The van der Waals surface area contributed by atoms with Gasteiger partial charge in [-0.25, -0.2) is 0 Å². The van der Waals surface area contributed by atoms with Crippen LogP contribution < -0.4 is 4.80 Å². The number of thiazole rings is 1. The van der Waals surface area contributed by atoms with Crippen LogP contribution in [0.5, 0.6) is 0 Å². The van der Waals surface area contributed by atoms with Crippen LogP contribution in [0.1, 0.15) is 10.4 Å². The highest BCUT2D eigenvalue weighted by Crippen LogP contribution is 2.25. The van der Waals surface area contributed by atoms with E-state index in [1.165, 1.54) is 29.6 Å². The van der Waals surface area contributed by atoms with Gasteiger partial charge in [-0.2, -0.15) is 4.99 Å². The lowest BCUT2D eigenvalue weighted by molar-refractivity contribution is -0.380. The molecule has 3 aromatic rings. The Labute approximate surface area is 156 Å². The van der Waals surface area contributed by atoms with Crippen LogP contribution >= 0.6 is 22.7 Å². The Morgan fingerprint density at radius 2 is 2.19 bits per heavy atom. The summed E-state index contributed by atoms with van der Waals surface area (Å²) in [7, 11) is 0. The van der Waals surface area contributed by atoms with Crippen molar-refractivity contribution in [2.24, 2.45) is 4.99 Å². The second-order valence-corrected chi connectivity index (χ2v) is 7.42. The first-order valence-corrected chi connectivity index (χ1v) is 9.16. The van der Waals surface area contributed by atoms with E-state index in [2.05, 4.69) is 10.9 Å². The zero-order valence-electron chi connectivity index (χ0n) is 13.7. The number of nitro groups is 1. The molecule has 0 saturated heterocycles. The van der Waals surface area contributed by atoms with Crippen molar-refractivity contribution < 1.29 is 9.72 Å². The molecule has 1 amide bonds. The third-order valence-corrected chi connectivity index (χ3v) is 5.59. The number of carbonyl (C=O) groups excluding carboxylic acids is 1. The monoisotopic (exact) mass is 383 g/mol. The van der Waals surface area contributed by atoms with Gasteiger partial charge in [0.15, 0.2) is 4.80 Å². The molecule has 26 heavy (non-hydrogen) atoms. The first-order chi connectivity index (χ1) is 12.5. The zero-order chi connectivity index (χ0) is 18.7. The Hall–Kier alpha value is -3.02. The smallest absolute Gasteiger partial charge is 0.304 e. The topological polar surface area (TPSA) is 77.5 Å². The molecule has 130 valence electrons. The molecule has 0 fully saturated rings. The molecule has 0 aliphatic carbocycles. The highest BCUT2D eigenvalue weighted by atomic mass is 32.1. The minimum Gasteiger partial charge on any atom is -0.304 e. The molecular weight excluding hydrogens is 370 g/mol. The van der Waals surface area contributed by atoms with Crippen molar-refractivity contribution in [3.8, 4) is 12.3 Å². The predicted molar refractivity (Wildman–Crippen MR) is 104 cm³/mol. The van der Waals surface area contributed by atoms with Crippen molar-refractivity contribution in [2.75, 3.05) is 0 Å². The summed E-state index contributed by atoms with van der Waals surface area (Å²) in [5.74, 6) is 2.14. The number of benzene rings is 1. The molecule has 1 aromatic carbocycles. The van der Waals surface area contributed by atoms with Gasteiger partial charge in [-0.05, 0) is 30.7 Å². The number of aromatic nitrogens is 1. The first kappa shape index (κ1) is 17.8. The lowest BCUT2D eigenvalue weighted by atomic mass is 10.2. The van der Waals surface area contributed by atoms with E-state index in [9.17, 15) is 14.9 Å². The molecule has 2 aromatic heterocycles. The normalized spacial score (nSPS) is 11.9. The number of thiophene rings is 1. The second kappa shape index (κ2) is 7.47. The number of para-hydroxylation sites is 1. The number of carbonyl (C=O) groups is 1. The summed E-state index contributed by atoms with van der Waals surface area (Å²) < 4.78 is 2.85. The molecule has 8 heteroatoms. The predicted octanol–water partition coefficient (Wildman–Crippen LogP) is 3.75. The summed E-state index contributed by atoms with van der Waals surface area (Å²) in [6.07, 6.45) is 8.28. The second-order valence-electron chi connectivity index (χ2n) is 5.31. The Bertz CT molecular complexity index is 1140. The van der Waals surface area contributed by atoms with Crippen molar-refractivity contribution >= 4 is 49.9 Å². The van der Waals surface area contributed by atoms with E-state index >= 15 is 0 Å². The molecule has 0 bridgehead atoms. The van der Waals surface area contributed by atoms with Crippen LogP contribution in [0.4, 0.5) is 5.00 Å². The Morgan fingerprint density at radius 1 is 1.38 bits per heavy atom. The van der Waals surface area contributed by atoms with Gasteiger partial charge in [0, 0.05) is 17.0 Å². The minimum absolute atomic E-state index is 0.0286. The van der Waals surface area contributed by atoms with Crippen LogP contribution in [0.15, 0.2) is 41.4 Å². The molecule has 6 nitrogen and oxygen atoms in total. The minimum atomic E-state index is -0.462. The highest BCUT2D eigenvalue weighted by Gasteiger charge is 2.09. The Balaban J connectivity index is 1.96. The number of fused-ring (bicyclic) bond motifs is 1. The molecule has 3 rings (SSSR count). The summed E-state index contributed by atoms with van der Waals surface area (Å²) in [4.78, 5) is 27.7. The Morgan fingerprint density at radius 3 is 2.88 bits per heavy atom. The van der Waals surface area contributed by atoms with Crippen molar-refractivity contribution in [2.45, 2.75) is 13.5 Å².